The van der Waals surface area contributed by atoms with Gasteiger partial charge < -0.3 is 10.7 Å². The molecule has 16 heavy (non-hydrogen) atoms. The molecule has 2 rings (SSSR count). The van der Waals surface area contributed by atoms with Crippen LogP contribution in [0.1, 0.15) is 43.1 Å². The van der Waals surface area contributed by atoms with Crippen molar-refractivity contribution in [2.24, 2.45) is 5.73 Å². The Labute approximate surface area is 91.2 Å². The molecule has 0 bridgehead atoms. The molecule has 6 heteroatoms. The average molecular weight is 233 g/mol. The van der Waals surface area contributed by atoms with Gasteiger partial charge in [0.05, 0.1) is 6.20 Å². The molecule has 0 amide bonds. The first-order valence-electron chi connectivity index (χ1n) is 5.34. The first-order chi connectivity index (χ1) is 7.47. The van der Waals surface area contributed by atoms with Gasteiger partial charge >= 0.3 is 6.18 Å². The number of aromatic amines is 1. The van der Waals surface area contributed by atoms with Crippen molar-refractivity contribution in [1.82, 2.24) is 9.97 Å². The maximum Gasteiger partial charge on any atom is 0.432 e. The predicted molar refractivity (Wildman–Crippen MR) is 52.8 cm³/mol. The van der Waals surface area contributed by atoms with Crippen LogP contribution in [0.2, 0.25) is 0 Å². The Morgan fingerprint density at radius 1 is 1.38 bits per heavy atom. The van der Waals surface area contributed by atoms with Crippen LogP contribution in [-0.4, -0.2) is 16.0 Å². The number of H-pyrrole nitrogens is 1. The van der Waals surface area contributed by atoms with E-state index in [4.69, 9.17) is 5.73 Å². The van der Waals surface area contributed by atoms with Crippen LogP contribution in [0.3, 0.4) is 0 Å². The van der Waals surface area contributed by atoms with Crippen LogP contribution in [-0.2, 0) is 6.18 Å². The van der Waals surface area contributed by atoms with Crippen molar-refractivity contribution in [3.8, 4) is 0 Å². The van der Waals surface area contributed by atoms with E-state index in [1.54, 1.807) is 0 Å². The molecule has 3 nitrogen and oxygen atoms in total. The predicted octanol–water partition coefficient (Wildman–Crippen LogP) is 2.41. The second-order valence-corrected chi connectivity index (χ2v) is 4.30. The number of halogens is 3. The highest BCUT2D eigenvalue weighted by atomic mass is 19.4. The molecule has 1 aliphatic carbocycles. The second kappa shape index (κ2) is 4.08. The maximum atomic E-state index is 12.3. The number of nitrogens with one attached hydrogen (secondary N) is 1. The number of hydrogen-bond acceptors (Lipinski definition) is 2. The smallest absolute Gasteiger partial charge is 0.338 e. The minimum atomic E-state index is -4.35. The summed E-state index contributed by atoms with van der Waals surface area (Å²) >= 11 is 0. The molecule has 0 aliphatic heterocycles. The lowest BCUT2D eigenvalue weighted by Gasteiger charge is -2.24. The van der Waals surface area contributed by atoms with Crippen molar-refractivity contribution < 1.29 is 13.2 Å². The zero-order chi connectivity index (χ0) is 11.8. The van der Waals surface area contributed by atoms with Gasteiger partial charge in [0.2, 0.25) is 0 Å². The molecule has 1 aromatic heterocycles. The Balaban J connectivity index is 2.12. The van der Waals surface area contributed by atoms with E-state index in [0.29, 0.717) is 12.2 Å². The lowest BCUT2D eigenvalue weighted by Crippen LogP contribution is -2.27. The van der Waals surface area contributed by atoms with Gasteiger partial charge in [0.1, 0.15) is 11.5 Å². The molecular formula is C10H14F3N3. The van der Waals surface area contributed by atoms with Gasteiger partial charge in [-0.25, -0.2) is 4.98 Å². The molecule has 2 atom stereocenters. The summed E-state index contributed by atoms with van der Waals surface area (Å²) < 4.78 is 37.0. The van der Waals surface area contributed by atoms with Crippen LogP contribution < -0.4 is 5.73 Å². The largest absolute Gasteiger partial charge is 0.432 e. The Hall–Kier alpha value is -1.04. The van der Waals surface area contributed by atoms with Crippen LogP contribution >= 0.6 is 0 Å². The highest BCUT2D eigenvalue weighted by Gasteiger charge is 2.34. The molecule has 0 saturated heterocycles. The second-order valence-electron chi connectivity index (χ2n) is 4.30. The van der Waals surface area contributed by atoms with E-state index in [1.807, 2.05) is 0 Å². The summed E-state index contributed by atoms with van der Waals surface area (Å²) in [7, 11) is 0. The normalized spacial score (nSPS) is 27.0. The van der Waals surface area contributed by atoms with Gasteiger partial charge in [-0.05, 0) is 19.3 Å². The topological polar surface area (TPSA) is 54.7 Å². The van der Waals surface area contributed by atoms with Gasteiger partial charge in [0.25, 0.3) is 0 Å². The first-order valence-corrected chi connectivity index (χ1v) is 5.34. The van der Waals surface area contributed by atoms with E-state index in [0.717, 1.165) is 25.5 Å². The molecule has 3 N–H and O–H groups in total. The van der Waals surface area contributed by atoms with E-state index in [1.165, 1.54) is 0 Å². The summed E-state index contributed by atoms with van der Waals surface area (Å²) in [4.78, 5) is 6.16. The zero-order valence-corrected chi connectivity index (χ0v) is 8.72. The molecule has 90 valence electrons. The highest BCUT2D eigenvalue weighted by molar-refractivity contribution is 5.09. The molecule has 0 radical (unpaired) electrons. The molecule has 0 aromatic carbocycles. The fourth-order valence-corrected chi connectivity index (χ4v) is 2.16. The average Bonchev–Trinajstić information content (AvgIpc) is 2.65. The van der Waals surface area contributed by atoms with Crippen LogP contribution in [0.5, 0.6) is 0 Å². The van der Waals surface area contributed by atoms with Crippen LogP contribution in [0.25, 0.3) is 0 Å². The van der Waals surface area contributed by atoms with E-state index in [-0.39, 0.29) is 12.0 Å². The van der Waals surface area contributed by atoms with Crippen LogP contribution in [0, 0.1) is 0 Å². The lowest BCUT2D eigenvalue weighted by molar-refractivity contribution is -0.141. The van der Waals surface area contributed by atoms with E-state index in [9.17, 15) is 13.2 Å². The highest BCUT2D eigenvalue weighted by Crippen LogP contribution is 2.33. The van der Waals surface area contributed by atoms with Crippen molar-refractivity contribution in [3.63, 3.8) is 0 Å². The summed E-state index contributed by atoms with van der Waals surface area (Å²) in [5, 5.41) is 0. The first kappa shape index (κ1) is 11.4. The SMILES string of the molecule is NC1CCCC(c2ncc(C(F)(F)F)[nH]2)C1. The fraction of sp³-hybridized carbons (Fsp3) is 0.700. The summed E-state index contributed by atoms with van der Waals surface area (Å²) in [6.07, 6.45) is -0.0158. The number of rotatable bonds is 1. The number of alkyl halides is 3. The third-order valence-corrected chi connectivity index (χ3v) is 3.00. The monoisotopic (exact) mass is 233 g/mol. The molecule has 1 aromatic rings. The van der Waals surface area contributed by atoms with Gasteiger partial charge in [0.15, 0.2) is 0 Å². The van der Waals surface area contributed by atoms with Gasteiger partial charge in [0, 0.05) is 12.0 Å². The quantitative estimate of drug-likeness (QED) is 0.782. The Morgan fingerprint density at radius 3 is 2.69 bits per heavy atom. The Morgan fingerprint density at radius 2 is 2.12 bits per heavy atom. The fourth-order valence-electron chi connectivity index (χ4n) is 2.16. The molecule has 0 spiro atoms. The molecule has 2 unspecified atom stereocenters. The minimum Gasteiger partial charge on any atom is -0.338 e. The van der Waals surface area contributed by atoms with Crippen molar-refractivity contribution in [1.29, 1.82) is 0 Å². The van der Waals surface area contributed by atoms with Gasteiger partial charge in [-0.15, -0.1) is 0 Å². The van der Waals surface area contributed by atoms with E-state index < -0.39 is 11.9 Å². The standard InChI is InChI=1S/C10H14F3N3/c11-10(12,13)8-5-15-9(16-8)6-2-1-3-7(14)4-6/h5-7H,1-4,14H2,(H,15,16). The molecular weight excluding hydrogens is 219 g/mol. The molecule has 1 aliphatic rings. The number of aromatic nitrogens is 2. The molecule has 1 saturated carbocycles. The lowest BCUT2D eigenvalue weighted by atomic mass is 9.86. The number of nitrogens with two attached hydrogens (primary N) is 1. The van der Waals surface area contributed by atoms with Crippen molar-refractivity contribution in [2.45, 2.75) is 43.8 Å². The summed E-state index contributed by atoms with van der Waals surface area (Å²) in [6, 6.07) is 0.0817. The van der Waals surface area contributed by atoms with Crippen molar-refractivity contribution in [2.75, 3.05) is 0 Å². The van der Waals surface area contributed by atoms with Crippen LogP contribution in [0.4, 0.5) is 13.2 Å². The number of hydrogen-bond donors (Lipinski definition) is 2. The van der Waals surface area contributed by atoms with Crippen molar-refractivity contribution in [3.05, 3.63) is 17.7 Å². The Bertz CT molecular complexity index is 358. The van der Waals surface area contributed by atoms with E-state index in [2.05, 4.69) is 9.97 Å². The zero-order valence-electron chi connectivity index (χ0n) is 8.72. The number of nitrogens with zero attached hydrogens (tertiary/aromatic N) is 1. The van der Waals surface area contributed by atoms with E-state index >= 15 is 0 Å². The summed E-state index contributed by atoms with van der Waals surface area (Å²) in [6.45, 7) is 0. The van der Waals surface area contributed by atoms with Gasteiger partial charge in [-0.2, -0.15) is 13.2 Å². The van der Waals surface area contributed by atoms with Crippen LogP contribution in [0.15, 0.2) is 6.20 Å². The number of imidazole rings is 1. The maximum absolute atomic E-state index is 12.3. The van der Waals surface area contributed by atoms with Gasteiger partial charge in [-0.1, -0.05) is 6.42 Å². The van der Waals surface area contributed by atoms with Gasteiger partial charge in [-0.3, -0.25) is 0 Å². The molecule has 1 heterocycles. The summed E-state index contributed by atoms with van der Waals surface area (Å²) in [5.74, 6) is 0.460. The minimum absolute atomic E-state index is 0.0415. The summed E-state index contributed by atoms with van der Waals surface area (Å²) in [5.41, 5.74) is 5.01. The Kier molecular flexibility index (Phi) is 2.92. The third-order valence-electron chi connectivity index (χ3n) is 3.00. The third kappa shape index (κ3) is 2.37. The molecule has 1 fully saturated rings. The van der Waals surface area contributed by atoms with Crippen molar-refractivity contribution >= 4 is 0 Å².